The minimum absolute atomic E-state index is 0.0839. The van der Waals surface area contributed by atoms with E-state index in [0.29, 0.717) is 45.6 Å². The number of para-hydroxylation sites is 1. The zero-order chi connectivity index (χ0) is 24.7. The fourth-order valence-corrected chi connectivity index (χ4v) is 5.00. The van der Waals surface area contributed by atoms with Crippen molar-refractivity contribution in [3.05, 3.63) is 60.2 Å². The summed E-state index contributed by atoms with van der Waals surface area (Å²) in [5.41, 5.74) is 0.381. The van der Waals surface area contributed by atoms with Crippen LogP contribution in [0.4, 0.5) is 4.79 Å². The number of amides is 3. The van der Waals surface area contributed by atoms with E-state index in [2.05, 4.69) is 11.0 Å². The molecule has 0 radical (unpaired) electrons. The lowest BCUT2D eigenvalue weighted by molar-refractivity contribution is -0.136. The molecule has 4 rings (SSSR count). The van der Waals surface area contributed by atoms with Crippen LogP contribution in [0.2, 0.25) is 0 Å². The molecule has 8 nitrogen and oxygen atoms in total. The van der Waals surface area contributed by atoms with Gasteiger partial charge in [-0.25, -0.2) is 4.79 Å². The van der Waals surface area contributed by atoms with E-state index < -0.39 is 5.54 Å². The number of methoxy groups -OCH3 is 2. The Balaban J connectivity index is 1.38. The first-order valence-electron chi connectivity index (χ1n) is 12.2. The first-order valence-corrected chi connectivity index (χ1v) is 12.2. The number of benzene rings is 2. The van der Waals surface area contributed by atoms with Crippen LogP contribution >= 0.6 is 0 Å². The maximum Gasteiger partial charge on any atom is 0.327 e. The number of nitrogens with zero attached hydrogens (tertiary/aromatic N) is 3. The van der Waals surface area contributed by atoms with Crippen molar-refractivity contribution >= 4 is 11.9 Å². The van der Waals surface area contributed by atoms with Crippen molar-refractivity contribution in [3.63, 3.8) is 0 Å². The van der Waals surface area contributed by atoms with Gasteiger partial charge in [-0.05, 0) is 49.1 Å². The second kappa shape index (κ2) is 11.6. The Kier molecular flexibility index (Phi) is 8.25. The van der Waals surface area contributed by atoms with Crippen LogP contribution in [0.5, 0.6) is 11.5 Å². The lowest BCUT2D eigenvalue weighted by Crippen LogP contribution is -2.57. The first-order chi connectivity index (χ1) is 17.1. The van der Waals surface area contributed by atoms with Crippen molar-refractivity contribution in [2.75, 3.05) is 53.6 Å². The minimum Gasteiger partial charge on any atom is -0.497 e. The average Bonchev–Trinajstić information content (AvgIpc) is 3.08. The highest BCUT2D eigenvalue weighted by atomic mass is 16.5. The predicted octanol–water partition coefficient (Wildman–Crippen LogP) is 3.41. The molecule has 0 N–H and O–H groups in total. The Bertz CT molecular complexity index is 991. The van der Waals surface area contributed by atoms with Crippen LogP contribution in [0.3, 0.4) is 0 Å². The number of imide groups is 1. The molecule has 2 fully saturated rings. The van der Waals surface area contributed by atoms with Crippen molar-refractivity contribution in [1.29, 1.82) is 0 Å². The Hall–Kier alpha value is -3.10. The highest BCUT2D eigenvalue weighted by Gasteiger charge is 2.57. The summed E-state index contributed by atoms with van der Waals surface area (Å²) in [6.45, 7) is 3.88. The summed E-state index contributed by atoms with van der Waals surface area (Å²) in [4.78, 5) is 32.4. The SMILES string of the molecule is COCCN1C(=O)N(CCCOc2ccccc2)C(=O)C12CCN(Cc1cccc(OC)c1)CC2. The normalized spacial score (nSPS) is 17.9. The summed E-state index contributed by atoms with van der Waals surface area (Å²) in [6.07, 6.45) is 1.81. The standard InChI is InChI=1S/C27H35N3O5/c1-33-19-17-30-26(32)29(14-7-18-35-23-9-4-3-5-10-23)25(31)27(30)12-15-28(16-13-27)21-22-8-6-11-24(20-22)34-2/h3-6,8-11,20H,7,12-19,21H2,1-2H3. The summed E-state index contributed by atoms with van der Waals surface area (Å²) >= 11 is 0. The van der Waals surface area contributed by atoms with E-state index in [1.807, 2.05) is 48.5 Å². The second-order valence-corrected chi connectivity index (χ2v) is 9.06. The maximum atomic E-state index is 13.6. The number of urea groups is 1. The molecule has 0 aromatic heterocycles. The molecule has 2 saturated heterocycles. The zero-order valence-corrected chi connectivity index (χ0v) is 20.7. The average molecular weight is 482 g/mol. The second-order valence-electron chi connectivity index (χ2n) is 9.06. The van der Waals surface area contributed by atoms with E-state index in [0.717, 1.165) is 31.1 Å². The molecule has 0 saturated carbocycles. The molecule has 2 aliphatic heterocycles. The Labute approximate surface area is 207 Å². The molecule has 8 heteroatoms. The van der Waals surface area contributed by atoms with Gasteiger partial charge in [0.05, 0.1) is 20.3 Å². The fourth-order valence-electron chi connectivity index (χ4n) is 5.00. The summed E-state index contributed by atoms with van der Waals surface area (Å²) < 4.78 is 16.4. The molecule has 2 aromatic rings. The van der Waals surface area contributed by atoms with Gasteiger partial charge in [0.15, 0.2) is 0 Å². The molecule has 3 amide bonds. The highest BCUT2D eigenvalue weighted by molar-refractivity contribution is 6.07. The third-order valence-corrected chi connectivity index (χ3v) is 6.90. The van der Waals surface area contributed by atoms with E-state index in [9.17, 15) is 9.59 Å². The lowest BCUT2D eigenvalue weighted by Gasteiger charge is -2.42. The Morgan fingerprint density at radius 2 is 1.63 bits per heavy atom. The van der Waals surface area contributed by atoms with Crippen molar-refractivity contribution in [2.45, 2.75) is 31.3 Å². The van der Waals surface area contributed by atoms with E-state index in [1.54, 1.807) is 19.1 Å². The molecule has 2 heterocycles. The minimum atomic E-state index is -0.791. The van der Waals surface area contributed by atoms with Gasteiger partial charge in [0, 0.05) is 39.8 Å². The van der Waals surface area contributed by atoms with E-state index in [1.165, 1.54) is 10.5 Å². The molecule has 1 spiro atoms. The van der Waals surface area contributed by atoms with Crippen LogP contribution in [0.15, 0.2) is 54.6 Å². The molecule has 35 heavy (non-hydrogen) atoms. The molecular weight excluding hydrogens is 446 g/mol. The van der Waals surface area contributed by atoms with Gasteiger partial charge in [0.1, 0.15) is 17.0 Å². The number of rotatable bonds is 11. The van der Waals surface area contributed by atoms with Gasteiger partial charge in [-0.3, -0.25) is 14.6 Å². The summed E-state index contributed by atoms with van der Waals surface area (Å²) in [5, 5.41) is 0. The topological polar surface area (TPSA) is 71.6 Å². The van der Waals surface area contributed by atoms with Crippen molar-refractivity contribution in [2.24, 2.45) is 0 Å². The molecule has 0 bridgehead atoms. The van der Waals surface area contributed by atoms with Crippen molar-refractivity contribution in [3.8, 4) is 11.5 Å². The number of carbonyl (C=O) groups excluding carboxylic acids is 2. The fraction of sp³-hybridized carbons (Fsp3) is 0.481. The molecule has 0 aliphatic carbocycles. The number of hydrogen-bond donors (Lipinski definition) is 0. The Morgan fingerprint density at radius 1 is 0.886 bits per heavy atom. The quantitative estimate of drug-likeness (QED) is 0.362. The van der Waals surface area contributed by atoms with E-state index in [4.69, 9.17) is 14.2 Å². The van der Waals surface area contributed by atoms with Gasteiger partial charge >= 0.3 is 6.03 Å². The van der Waals surface area contributed by atoms with Gasteiger partial charge in [-0.2, -0.15) is 0 Å². The van der Waals surface area contributed by atoms with Crippen LogP contribution in [-0.2, 0) is 16.1 Å². The summed E-state index contributed by atoms with van der Waals surface area (Å²) in [5.74, 6) is 1.54. The lowest BCUT2D eigenvalue weighted by atomic mass is 9.85. The maximum absolute atomic E-state index is 13.6. The van der Waals surface area contributed by atoms with Crippen LogP contribution in [-0.4, -0.2) is 85.8 Å². The van der Waals surface area contributed by atoms with Crippen molar-refractivity contribution < 1.29 is 23.8 Å². The molecule has 2 aliphatic rings. The highest BCUT2D eigenvalue weighted by Crippen LogP contribution is 2.37. The summed E-state index contributed by atoms with van der Waals surface area (Å²) in [6, 6.07) is 17.4. The first kappa shape index (κ1) is 25.0. The predicted molar refractivity (Wildman–Crippen MR) is 132 cm³/mol. The van der Waals surface area contributed by atoms with Crippen LogP contribution in [0.1, 0.15) is 24.8 Å². The van der Waals surface area contributed by atoms with Crippen LogP contribution in [0.25, 0.3) is 0 Å². The number of likely N-dealkylation sites (tertiary alicyclic amines) is 1. The van der Waals surface area contributed by atoms with Crippen molar-refractivity contribution in [1.82, 2.24) is 14.7 Å². The molecule has 188 valence electrons. The molecule has 0 atom stereocenters. The number of ether oxygens (including phenoxy) is 3. The van der Waals surface area contributed by atoms with Gasteiger partial charge in [-0.15, -0.1) is 0 Å². The number of hydrogen-bond acceptors (Lipinski definition) is 6. The van der Waals surface area contributed by atoms with Gasteiger partial charge < -0.3 is 19.1 Å². The molecule has 2 aromatic carbocycles. The molecule has 0 unspecified atom stereocenters. The monoisotopic (exact) mass is 481 g/mol. The summed E-state index contributed by atoms with van der Waals surface area (Å²) in [7, 11) is 3.28. The number of carbonyl (C=O) groups is 2. The van der Waals surface area contributed by atoms with E-state index >= 15 is 0 Å². The van der Waals surface area contributed by atoms with E-state index in [-0.39, 0.29) is 11.9 Å². The van der Waals surface area contributed by atoms with Gasteiger partial charge in [0.25, 0.3) is 5.91 Å². The third kappa shape index (κ3) is 5.60. The third-order valence-electron chi connectivity index (χ3n) is 6.90. The van der Waals surface area contributed by atoms with Gasteiger partial charge in [-0.1, -0.05) is 30.3 Å². The number of piperidine rings is 1. The largest absolute Gasteiger partial charge is 0.497 e. The van der Waals surface area contributed by atoms with Crippen LogP contribution < -0.4 is 9.47 Å². The Morgan fingerprint density at radius 3 is 2.34 bits per heavy atom. The molecular formula is C27H35N3O5. The van der Waals surface area contributed by atoms with Crippen LogP contribution in [0, 0.1) is 0 Å². The van der Waals surface area contributed by atoms with Gasteiger partial charge in [0.2, 0.25) is 0 Å². The smallest absolute Gasteiger partial charge is 0.327 e. The zero-order valence-electron chi connectivity index (χ0n) is 20.7.